The summed E-state index contributed by atoms with van der Waals surface area (Å²) in [5.74, 6) is 0.0891. The van der Waals surface area contributed by atoms with E-state index in [9.17, 15) is 31.1 Å². The van der Waals surface area contributed by atoms with E-state index in [-0.39, 0.29) is 17.0 Å². The van der Waals surface area contributed by atoms with Gasteiger partial charge in [-0.25, -0.2) is 4.79 Å². The number of piperidine rings is 1. The highest BCUT2D eigenvalue weighted by Gasteiger charge is 2.75. The van der Waals surface area contributed by atoms with Crippen molar-refractivity contribution in [1.82, 2.24) is 4.90 Å². The zero-order valence-electron chi connectivity index (χ0n) is 22.8. The van der Waals surface area contributed by atoms with E-state index >= 15 is 0 Å². The van der Waals surface area contributed by atoms with Crippen LogP contribution in [0.4, 0.5) is 36.8 Å². The van der Waals surface area contributed by atoms with Gasteiger partial charge >= 0.3 is 18.4 Å². The molecule has 0 bridgehead atoms. The fourth-order valence-corrected chi connectivity index (χ4v) is 5.53. The van der Waals surface area contributed by atoms with Gasteiger partial charge in [-0.2, -0.15) is 26.3 Å². The number of hydrogen-bond acceptors (Lipinski definition) is 5. The molecule has 2 aromatic carbocycles. The quantitative estimate of drug-likeness (QED) is 0.364. The lowest BCUT2D eigenvalue weighted by atomic mass is 9.87. The zero-order chi connectivity index (χ0) is 29.7. The van der Waals surface area contributed by atoms with Gasteiger partial charge in [0.2, 0.25) is 0 Å². The van der Waals surface area contributed by atoms with Gasteiger partial charge in [0.15, 0.2) is 0 Å². The van der Waals surface area contributed by atoms with Crippen molar-refractivity contribution in [1.29, 1.82) is 0 Å². The lowest BCUT2D eigenvalue weighted by molar-refractivity contribution is -0.385. The predicted octanol–water partition coefficient (Wildman–Crippen LogP) is 7.12. The molecule has 6 nitrogen and oxygen atoms in total. The normalized spacial score (nSPS) is 21.1. The van der Waals surface area contributed by atoms with Crippen LogP contribution < -0.4 is 9.64 Å². The maximum atomic E-state index is 14.1. The first-order chi connectivity index (χ1) is 18.5. The van der Waals surface area contributed by atoms with Crippen molar-refractivity contribution in [3.05, 3.63) is 59.2 Å². The molecule has 40 heavy (non-hydrogen) atoms. The Morgan fingerprint density at radius 1 is 1.05 bits per heavy atom. The number of amides is 1. The molecule has 0 aromatic heterocycles. The van der Waals surface area contributed by atoms with Crippen LogP contribution in [0.2, 0.25) is 0 Å². The summed E-state index contributed by atoms with van der Waals surface area (Å²) < 4.78 is 100. The molecule has 0 saturated carbocycles. The van der Waals surface area contributed by atoms with E-state index in [0.717, 1.165) is 17.7 Å². The minimum atomic E-state index is -5.76. The molecule has 1 fully saturated rings. The minimum Gasteiger partial charge on any atom is -0.495 e. The molecule has 0 radical (unpaired) electrons. The first-order valence-electron chi connectivity index (χ1n) is 12.8. The lowest BCUT2D eigenvalue weighted by Crippen LogP contribution is -2.54. The summed E-state index contributed by atoms with van der Waals surface area (Å²) in [7, 11) is 2.86. The van der Waals surface area contributed by atoms with Crippen LogP contribution in [0.15, 0.2) is 42.5 Å². The summed E-state index contributed by atoms with van der Waals surface area (Å²) in [4.78, 5) is 16.4. The van der Waals surface area contributed by atoms with Gasteiger partial charge in [-0.3, -0.25) is 4.90 Å². The van der Waals surface area contributed by atoms with Gasteiger partial charge in [0.05, 0.1) is 31.5 Å². The van der Waals surface area contributed by atoms with Crippen LogP contribution in [0, 0.1) is 0 Å². The summed E-state index contributed by atoms with van der Waals surface area (Å²) in [6, 6.07) is 9.90. The van der Waals surface area contributed by atoms with Gasteiger partial charge in [0.25, 0.3) is 5.60 Å². The lowest BCUT2D eigenvalue weighted by Gasteiger charge is -2.46. The summed E-state index contributed by atoms with van der Waals surface area (Å²) in [5.41, 5.74) is -5.77. The van der Waals surface area contributed by atoms with E-state index in [1.165, 1.54) is 7.11 Å². The number of benzene rings is 2. The number of hydrogen-bond donors (Lipinski definition) is 0. The van der Waals surface area contributed by atoms with Crippen LogP contribution >= 0.6 is 0 Å². The highest BCUT2D eigenvalue weighted by atomic mass is 19.4. The zero-order valence-corrected chi connectivity index (χ0v) is 22.8. The van der Waals surface area contributed by atoms with E-state index in [0.29, 0.717) is 19.4 Å². The first-order valence-corrected chi connectivity index (χ1v) is 12.8. The molecule has 0 N–H and O–H groups in total. The molecule has 0 aliphatic carbocycles. The van der Waals surface area contributed by atoms with Crippen molar-refractivity contribution in [3.8, 4) is 5.75 Å². The number of fused-ring (bicyclic) bond motifs is 1. The molecule has 220 valence electrons. The standard InChI is InChI=1S/C28H32F6N2O4/c1-25(2,3)40-24(37)36-13-9-12-20(23(36)17-10-7-6-8-11-17)35(4)21-15-19-18(14-22(21)38-5)16-39-26(19,27(29,30)31)28(32,33)34/h6-8,10-11,14-15,20,23H,9,12-13,16H2,1-5H3/t20-,23-/m0/s1. The van der Waals surface area contributed by atoms with E-state index < -0.39 is 53.9 Å². The van der Waals surface area contributed by atoms with Crippen molar-refractivity contribution in [2.24, 2.45) is 0 Å². The third kappa shape index (κ3) is 5.17. The summed E-state index contributed by atoms with van der Waals surface area (Å²) in [5, 5.41) is 0. The van der Waals surface area contributed by atoms with Gasteiger partial charge in [0, 0.05) is 19.2 Å². The number of anilines is 1. The van der Waals surface area contributed by atoms with E-state index in [2.05, 4.69) is 4.74 Å². The summed E-state index contributed by atoms with van der Waals surface area (Å²) in [6.45, 7) is 4.69. The number of alkyl halides is 6. The van der Waals surface area contributed by atoms with Gasteiger partial charge in [-0.15, -0.1) is 0 Å². The largest absolute Gasteiger partial charge is 0.495 e. The van der Waals surface area contributed by atoms with Crippen LogP contribution in [-0.4, -0.2) is 55.7 Å². The van der Waals surface area contributed by atoms with Crippen LogP contribution in [-0.2, 0) is 21.7 Å². The maximum Gasteiger partial charge on any atom is 0.430 e. The van der Waals surface area contributed by atoms with Crippen molar-refractivity contribution in [2.45, 2.75) is 75.9 Å². The van der Waals surface area contributed by atoms with Crippen LogP contribution in [0.25, 0.3) is 0 Å². The van der Waals surface area contributed by atoms with Crippen LogP contribution in [0.3, 0.4) is 0 Å². The average molecular weight is 575 g/mol. The number of ether oxygens (including phenoxy) is 3. The Labute approximate surface area is 228 Å². The minimum absolute atomic E-state index is 0.0154. The highest BCUT2D eigenvalue weighted by molar-refractivity contribution is 5.70. The van der Waals surface area contributed by atoms with E-state index in [1.54, 1.807) is 55.8 Å². The number of halogens is 6. The number of nitrogens with zero attached hydrogens (tertiary/aromatic N) is 2. The Morgan fingerprint density at radius 2 is 1.68 bits per heavy atom. The van der Waals surface area contributed by atoms with E-state index in [4.69, 9.17) is 9.47 Å². The molecule has 2 aliphatic heterocycles. The number of carbonyl (C=O) groups is 1. The van der Waals surface area contributed by atoms with Crippen LogP contribution in [0.1, 0.15) is 56.3 Å². The van der Waals surface area contributed by atoms with Gasteiger partial charge < -0.3 is 19.1 Å². The molecule has 2 heterocycles. The molecular formula is C28H32F6N2O4. The molecule has 1 amide bonds. The Bertz CT molecular complexity index is 1210. The fourth-order valence-electron chi connectivity index (χ4n) is 5.53. The topological polar surface area (TPSA) is 51.2 Å². The molecule has 1 saturated heterocycles. The van der Waals surface area contributed by atoms with E-state index in [1.807, 2.05) is 12.1 Å². The summed E-state index contributed by atoms with van der Waals surface area (Å²) >= 11 is 0. The molecule has 12 heteroatoms. The second kappa shape index (κ2) is 10.4. The molecule has 4 rings (SSSR count). The van der Waals surface area contributed by atoms with Gasteiger partial charge in [-0.1, -0.05) is 30.3 Å². The maximum absolute atomic E-state index is 14.1. The fraction of sp³-hybridized carbons (Fsp3) is 0.536. The molecule has 2 aromatic rings. The number of likely N-dealkylation sites (N-methyl/N-ethyl adjacent to an activating group) is 1. The van der Waals surface area contributed by atoms with Gasteiger partial charge in [0.1, 0.15) is 11.4 Å². The molecule has 0 spiro atoms. The average Bonchev–Trinajstić information content (AvgIpc) is 3.26. The molecule has 2 aliphatic rings. The van der Waals surface area contributed by atoms with Crippen molar-refractivity contribution < 1.29 is 45.3 Å². The molecular weight excluding hydrogens is 542 g/mol. The SMILES string of the molecule is COc1cc2c(cc1N(C)[C@H]1CCCN(C(=O)OC(C)(C)C)[C@H]1c1ccccc1)C(C(F)(F)F)(C(F)(F)F)OC2. The summed E-state index contributed by atoms with van der Waals surface area (Å²) in [6.07, 6.45) is -11.1. The highest BCUT2D eigenvalue weighted by Crippen LogP contribution is 2.58. The second-order valence-electron chi connectivity index (χ2n) is 11.0. The second-order valence-corrected chi connectivity index (χ2v) is 11.0. The van der Waals surface area contributed by atoms with Crippen LogP contribution in [0.5, 0.6) is 5.75 Å². The first kappa shape index (κ1) is 29.8. The van der Waals surface area contributed by atoms with Crippen molar-refractivity contribution >= 4 is 11.8 Å². The Hall–Kier alpha value is -3.15. The molecule has 2 atom stereocenters. The Balaban J connectivity index is 1.84. The smallest absolute Gasteiger partial charge is 0.430 e. The predicted molar refractivity (Wildman–Crippen MR) is 135 cm³/mol. The third-order valence-electron chi connectivity index (χ3n) is 7.27. The Morgan fingerprint density at radius 3 is 2.23 bits per heavy atom. The number of rotatable bonds is 4. The van der Waals surface area contributed by atoms with Gasteiger partial charge in [-0.05, 0) is 56.9 Å². The molecule has 0 unspecified atom stereocenters. The van der Waals surface area contributed by atoms with Crippen molar-refractivity contribution in [3.63, 3.8) is 0 Å². The number of carbonyl (C=O) groups excluding carboxylic acids is 1. The number of methoxy groups -OCH3 is 1. The third-order valence-corrected chi connectivity index (χ3v) is 7.27. The van der Waals surface area contributed by atoms with Crippen molar-refractivity contribution in [2.75, 3.05) is 25.6 Å². The monoisotopic (exact) mass is 574 g/mol. The Kier molecular flexibility index (Phi) is 7.72. The number of likely N-dealkylation sites (tertiary alicyclic amines) is 1.